The van der Waals surface area contributed by atoms with Crippen LogP contribution in [0.1, 0.15) is 28.4 Å². The van der Waals surface area contributed by atoms with Gasteiger partial charge in [-0.3, -0.25) is 0 Å². The molecule has 0 atom stereocenters. The Hall–Kier alpha value is -3.38. The number of rotatable bonds is 10. The molecule has 0 saturated heterocycles. The summed E-state index contributed by atoms with van der Waals surface area (Å²) in [7, 11) is 3.23. The fourth-order valence-corrected chi connectivity index (χ4v) is 3.17. The molecule has 0 spiro atoms. The van der Waals surface area contributed by atoms with Gasteiger partial charge in [0.2, 0.25) is 0 Å². The van der Waals surface area contributed by atoms with Crippen LogP contribution in [-0.4, -0.2) is 26.8 Å². The lowest BCUT2D eigenvalue weighted by atomic mass is 10.2. The second-order valence-corrected chi connectivity index (χ2v) is 7.19. The van der Waals surface area contributed by atoms with Gasteiger partial charge in [0.15, 0.2) is 11.5 Å². The van der Waals surface area contributed by atoms with Gasteiger partial charge in [-0.1, -0.05) is 35.9 Å². The van der Waals surface area contributed by atoms with Gasteiger partial charge in [-0.25, -0.2) is 4.79 Å². The van der Waals surface area contributed by atoms with E-state index in [4.69, 9.17) is 35.3 Å². The first kappa shape index (κ1) is 23.3. The number of hydrogen-bond donors (Lipinski definition) is 0. The summed E-state index contributed by atoms with van der Waals surface area (Å²) < 4.78 is 27.4. The summed E-state index contributed by atoms with van der Waals surface area (Å²) in [5.74, 6) is 1.73. The number of carbonyl (C=O) groups is 1. The first-order valence-electron chi connectivity index (χ1n) is 10.1. The third kappa shape index (κ3) is 6.08. The Morgan fingerprint density at radius 1 is 0.812 bits per heavy atom. The zero-order chi connectivity index (χ0) is 22.9. The zero-order valence-electron chi connectivity index (χ0n) is 18.2. The maximum Gasteiger partial charge on any atom is 0.338 e. The normalized spacial score (nSPS) is 10.4. The smallest absolute Gasteiger partial charge is 0.338 e. The maximum absolute atomic E-state index is 12.2. The van der Waals surface area contributed by atoms with Crippen LogP contribution >= 0.6 is 11.6 Å². The molecule has 0 amide bonds. The van der Waals surface area contributed by atoms with Crippen molar-refractivity contribution in [3.8, 4) is 23.0 Å². The first-order valence-corrected chi connectivity index (χ1v) is 10.4. The van der Waals surface area contributed by atoms with E-state index < -0.39 is 5.97 Å². The van der Waals surface area contributed by atoms with E-state index in [1.54, 1.807) is 27.2 Å². The summed E-state index contributed by atoms with van der Waals surface area (Å²) in [6, 6.07) is 18.1. The van der Waals surface area contributed by atoms with Crippen molar-refractivity contribution in [1.82, 2.24) is 0 Å². The standard InChI is InChI=1S/C25H25ClO6/c1-4-30-25(27)19-13-22(26)24(32-16-18-7-11-21(29-3)12-8-18)23(14-19)31-15-17-5-9-20(28-2)10-6-17/h5-14H,4,15-16H2,1-3H3. The molecule has 3 rings (SSSR count). The number of halogens is 1. The van der Waals surface area contributed by atoms with Gasteiger partial charge in [0.1, 0.15) is 24.7 Å². The van der Waals surface area contributed by atoms with E-state index in [0.717, 1.165) is 22.6 Å². The van der Waals surface area contributed by atoms with Gasteiger partial charge < -0.3 is 23.7 Å². The SMILES string of the molecule is CCOC(=O)c1cc(Cl)c(OCc2ccc(OC)cc2)c(OCc2ccc(OC)cc2)c1. The van der Waals surface area contributed by atoms with Crippen molar-refractivity contribution in [2.45, 2.75) is 20.1 Å². The Bertz CT molecular complexity index is 1030. The Morgan fingerprint density at radius 2 is 1.34 bits per heavy atom. The van der Waals surface area contributed by atoms with E-state index in [0.29, 0.717) is 17.1 Å². The Labute approximate surface area is 192 Å². The molecular weight excluding hydrogens is 432 g/mol. The predicted octanol–water partition coefficient (Wildman–Crippen LogP) is 5.69. The molecule has 6 nitrogen and oxygen atoms in total. The quantitative estimate of drug-likeness (QED) is 0.365. The third-order valence-corrected chi connectivity index (χ3v) is 4.90. The van der Waals surface area contributed by atoms with Crippen LogP contribution in [0.25, 0.3) is 0 Å². The molecule has 0 aliphatic rings. The lowest BCUT2D eigenvalue weighted by Crippen LogP contribution is -2.07. The van der Waals surface area contributed by atoms with Gasteiger partial charge in [-0.15, -0.1) is 0 Å². The van der Waals surface area contributed by atoms with Crippen molar-refractivity contribution < 1.29 is 28.5 Å². The van der Waals surface area contributed by atoms with Gasteiger partial charge in [0, 0.05) is 0 Å². The van der Waals surface area contributed by atoms with Crippen LogP contribution < -0.4 is 18.9 Å². The molecule has 0 radical (unpaired) electrons. The van der Waals surface area contributed by atoms with Crippen LogP contribution in [0.4, 0.5) is 0 Å². The molecule has 168 valence electrons. The summed E-state index contributed by atoms with van der Waals surface area (Å²) >= 11 is 6.46. The van der Waals surface area contributed by atoms with Gasteiger partial charge in [-0.2, -0.15) is 0 Å². The molecule has 7 heteroatoms. The Kier molecular flexibility index (Phi) is 8.22. The van der Waals surface area contributed by atoms with Crippen molar-refractivity contribution in [1.29, 1.82) is 0 Å². The van der Waals surface area contributed by atoms with Crippen LogP contribution in [0.5, 0.6) is 23.0 Å². The average molecular weight is 457 g/mol. The largest absolute Gasteiger partial charge is 0.497 e. The topological polar surface area (TPSA) is 63.2 Å². The summed E-state index contributed by atoms with van der Waals surface area (Å²) in [5.41, 5.74) is 2.14. The van der Waals surface area contributed by atoms with Crippen molar-refractivity contribution in [3.05, 3.63) is 82.4 Å². The lowest BCUT2D eigenvalue weighted by Gasteiger charge is -2.16. The summed E-state index contributed by atoms with van der Waals surface area (Å²) in [6.45, 7) is 2.52. The molecule has 32 heavy (non-hydrogen) atoms. The summed E-state index contributed by atoms with van der Waals surface area (Å²) in [6.07, 6.45) is 0. The van der Waals surface area contributed by atoms with Gasteiger partial charge in [-0.05, 0) is 54.4 Å². The molecule has 0 bridgehead atoms. The first-order chi connectivity index (χ1) is 15.5. The highest BCUT2D eigenvalue weighted by Gasteiger charge is 2.18. The zero-order valence-corrected chi connectivity index (χ0v) is 19.0. The number of ether oxygens (including phenoxy) is 5. The fourth-order valence-electron chi connectivity index (χ4n) is 2.91. The predicted molar refractivity (Wildman–Crippen MR) is 122 cm³/mol. The molecule has 3 aromatic rings. The second kappa shape index (κ2) is 11.3. The molecule has 0 aromatic heterocycles. The van der Waals surface area contributed by atoms with Gasteiger partial charge in [0.25, 0.3) is 0 Å². The highest BCUT2D eigenvalue weighted by atomic mass is 35.5. The molecule has 0 fully saturated rings. The summed E-state index contributed by atoms with van der Waals surface area (Å²) in [5, 5.41) is 0.258. The lowest BCUT2D eigenvalue weighted by molar-refractivity contribution is 0.0525. The number of benzene rings is 3. The molecule has 0 saturated carbocycles. The van der Waals surface area contributed by atoms with Crippen molar-refractivity contribution in [2.75, 3.05) is 20.8 Å². The average Bonchev–Trinajstić information content (AvgIpc) is 2.82. The number of esters is 1. The van der Waals surface area contributed by atoms with E-state index in [2.05, 4.69) is 0 Å². The minimum absolute atomic E-state index is 0.255. The maximum atomic E-state index is 12.2. The van der Waals surface area contributed by atoms with E-state index >= 15 is 0 Å². The molecular formula is C25H25ClO6. The fraction of sp³-hybridized carbons (Fsp3) is 0.240. The van der Waals surface area contributed by atoms with Crippen LogP contribution in [0.3, 0.4) is 0 Å². The van der Waals surface area contributed by atoms with Gasteiger partial charge >= 0.3 is 5.97 Å². The number of hydrogen-bond acceptors (Lipinski definition) is 6. The van der Waals surface area contributed by atoms with E-state index in [-0.39, 0.29) is 24.8 Å². The van der Waals surface area contributed by atoms with Crippen LogP contribution in [-0.2, 0) is 18.0 Å². The van der Waals surface area contributed by atoms with Crippen molar-refractivity contribution >= 4 is 17.6 Å². The van der Waals surface area contributed by atoms with Crippen LogP contribution in [0.15, 0.2) is 60.7 Å². The molecule has 0 heterocycles. The van der Waals surface area contributed by atoms with Crippen molar-refractivity contribution in [3.63, 3.8) is 0 Å². The summed E-state index contributed by atoms with van der Waals surface area (Å²) in [4.78, 5) is 12.2. The van der Waals surface area contributed by atoms with E-state index in [1.807, 2.05) is 48.5 Å². The molecule has 0 unspecified atom stereocenters. The van der Waals surface area contributed by atoms with Crippen LogP contribution in [0.2, 0.25) is 5.02 Å². The monoisotopic (exact) mass is 456 g/mol. The molecule has 0 aliphatic heterocycles. The second-order valence-electron chi connectivity index (χ2n) is 6.78. The Morgan fingerprint density at radius 3 is 1.84 bits per heavy atom. The third-order valence-electron chi connectivity index (χ3n) is 4.62. The Balaban J connectivity index is 1.82. The van der Waals surface area contributed by atoms with Crippen molar-refractivity contribution in [2.24, 2.45) is 0 Å². The minimum atomic E-state index is -0.481. The molecule has 0 N–H and O–H groups in total. The number of carbonyl (C=O) groups excluding carboxylic acids is 1. The molecule has 0 aliphatic carbocycles. The minimum Gasteiger partial charge on any atom is -0.497 e. The number of methoxy groups -OCH3 is 2. The van der Waals surface area contributed by atoms with Gasteiger partial charge in [0.05, 0.1) is 31.4 Å². The van der Waals surface area contributed by atoms with E-state index in [1.165, 1.54) is 6.07 Å². The molecule has 3 aromatic carbocycles. The highest BCUT2D eigenvalue weighted by molar-refractivity contribution is 6.32. The highest BCUT2D eigenvalue weighted by Crippen LogP contribution is 2.38. The van der Waals surface area contributed by atoms with E-state index in [9.17, 15) is 4.79 Å². The van der Waals surface area contributed by atoms with Crippen LogP contribution in [0, 0.1) is 0 Å².